The zero-order valence-electron chi connectivity index (χ0n) is 10.5. The first-order valence-electron chi connectivity index (χ1n) is 5.66. The first kappa shape index (κ1) is 17.4. The highest BCUT2D eigenvalue weighted by Crippen LogP contribution is 2.35. The first-order chi connectivity index (χ1) is 9.71. The van der Waals surface area contributed by atoms with Gasteiger partial charge in [0.1, 0.15) is 6.61 Å². The standard InChI is InChI=1S/C12H11BrF3NO4/c13-9-2-1-7(5-8(9)12(14,15)16)11(20)17-3-4-21-6-10(18)19/h1-2,5H,3-4,6H2,(H,17,20)(H,18,19). The maximum absolute atomic E-state index is 12.7. The van der Waals surface area contributed by atoms with Gasteiger partial charge in [0, 0.05) is 16.6 Å². The van der Waals surface area contributed by atoms with Crippen LogP contribution in [-0.2, 0) is 15.7 Å². The monoisotopic (exact) mass is 369 g/mol. The molecule has 2 N–H and O–H groups in total. The van der Waals surface area contributed by atoms with Crippen LogP contribution in [0.4, 0.5) is 13.2 Å². The lowest BCUT2D eigenvalue weighted by Gasteiger charge is -2.11. The topological polar surface area (TPSA) is 75.6 Å². The molecule has 1 amide bonds. The van der Waals surface area contributed by atoms with Crippen LogP contribution in [0.25, 0.3) is 0 Å². The van der Waals surface area contributed by atoms with E-state index in [4.69, 9.17) is 5.11 Å². The quantitative estimate of drug-likeness (QED) is 0.754. The molecule has 0 aliphatic rings. The van der Waals surface area contributed by atoms with Gasteiger partial charge in [-0.1, -0.05) is 15.9 Å². The number of carbonyl (C=O) groups excluding carboxylic acids is 1. The van der Waals surface area contributed by atoms with E-state index in [1.54, 1.807) is 0 Å². The Morgan fingerprint density at radius 3 is 2.57 bits per heavy atom. The summed E-state index contributed by atoms with van der Waals surface area (Å²) in [5.74, 6) is -1.85. The van der Waals surface area contributed by atoms with Crippen molar-refractivity contribution in [2.24, 2.45) is 0 Å². The Labute approximate surface area is 126 Å². The van der Waals surface area contributed by atoms with E-state index in [1.807, 2.05) is 0 Å². The lowest BCUT2D eigenvalue weighted by Crippen LogP contribution is -2.28. The van der Waals surface area contributed by atoms with Crippen molar-refractivity contribution in [3.05, 3.63) is 33.8 Å². The van der Waals surface area contributed by atoms with E-state index < -0.39 is 30.2 Å². The number of carbonyl (C=O) groups is 2. The van der Waals surface area contributed by atoms with Gasteiger partial charge in [0.25, 0.3) is 5.91 Å². The molecule has 0 saturated heterocycles. The smallest absolute Gasteiger partial charge is 0.417 e. The van der Waals surface area contributed by atoms with Crippen LogP contribution in [0.3, 0.4) is 0 Å². The lowest BCUT2D eigenvalue weighted by atomic mass is 10.1. The molecule has 21 heavy (non-hydrogen) atoms. The number of alkyl halides is 3. The van der Waals surface area contributed by atoms with Gasteiger partial charge in [-0.15, -0.1) is 0 Å². The maximum atomic E-state index is 12.7. The van der Waals surface area contributed by atoms with E-state index >= 15 is 0 Å². The van der Waals surface area contributed by atoms with Crippen LogP contribution in [0.15, 0.2) is 22.7 Å². The molecule has 116 valence electrons. The SMILES string of the molecule is O=C(O)COCCNC(=O)c1ccc(Br)c(C(F)(F)F)c1. The second-order valence-corrected chi connectivity index (χ2v) is 4.75. The zero-order valence-corrected chi connectivity index (χ0v) is 12.1. The predicted octanol–water partition coefficient (Wildman–Crippen LogP) is 2.30. The van der Waals surface area contributed by atoms with Crippen LogP contribution >= 0.6 is 15.9 Å². The summed E-state index contributed by atoms with van der Waals surface area (Å²) in [6.45, 7) is -0.573. The van der Waals surface area contributed by atoms with Gasteiger partial charge >= 0.3 is 12.1 Å². The van der Waals surface area contributed by atoms with Crippen molar-refractivity contribution < 1.29 is 32.6 Å². The van der Waals surface area contributed by atoms with Gasteiger partial charge in [-0.05, 0) is 18.2 Å². The summed E-state index contributed by atoms with van der Waals surface area (Å²) in [6, 6.07) is 3.11. The molecular formula is C12H11BrF3NO4. The third-order valence-corrected chi connectivity index (χ3v) is 2.98. The molecule has 0 atom stereocenters. The fourth-order valence-corrected chi connectivity index (χ4v) is 1.85. The predicted molar refractivity (Wildman–Crippen MR) is 69.9 cm³/mol. The second-order valence-electron chi connectivity index (χ2n) is 3.89. The highest BCUT2D eigenvalue weighted by Gasteiger charge is 2.33. The number of amides is 1. The minimum absolute atomic E-state index is 0.0104. The Morgan fingerprint density at radius 1 is 1.33 bits per heavy atom. The average Bonchev–Trinajstić information content (AvgIpc) is 2.36. The molecule has 0 aliphatic carbocycles. The van der Waals surface area contributed by atoms with Crippen LogP contribution in [0.1, 0.15) is 15.9 Å². The summed E-state index contributed by atoms with van der Waals surface area (Å²) in [5.41, 5.74) is -1.10. The normalized spacial score (nSPS) is 11.2. The number of carboxylic acid groups (broad SMARTS) is 1. The van der Waals surface area contributed by atoms with E-state index in [-0.39, 0.29) is 23.2 Å². The number of hydrogen-bond donors (Lipinski definition) is 2. The largest absolute Gasteiger partial charge is 0.480 e. The van der Waals surface area contributed by atoms with Gasteiger partial charge < -0.3 is 15.2 Å². The van der Waals surface area contributed by atoms with Crippen LogP contribution in [0, 0.1) is 0 Å². The summed E-state index contributed by atoms with van der Waals surface area (Å²) < 4.78 is 42.6. The molecule has 0 bridgehead atoms. The molecule has 0 spiro atoms. The lowest BCUT2D eigenvalue weighted by molar-refractivity contribution is -0.142. The Hall–Kier alpha value is -1.61. The van der Waals surface area contributed by atoms with Crippen LogP contribution in [-0.4, -0.2) is 36.7 Å². The molecule has 0 aromatic heterocycles. The van der Waals surface area contributed by atoms with E-state index in [9.17, 15) is 22.8 Å². The van der Waals surface area contributed by atoms with Crippen molar-refractivity contribution in [3.8, 4) is 0 Å². The Bertz CT molecular complexity index is 534. The summed E-state index contributed by atoms with van der Waals surface area (Å²) >= 11 is 2.77. The average molecular weight is 370 g/mol. The van der Waals surface area contributed by atoms with Crippen LogP contribution in [0.2, 0.25) is 0 Å². The fraction of sp³-hybridized carbons (Fsp3) is 0.333. The molecule has 1 aromatic carbocycles. The molecule has 0 unspecified atom stereocenters. The van der Waals surface area contributed by atoms with E-state index in [1.165, 1.54) is 6.07 Å². The minimum Gasteiger partial charge on any atom is -0.480 e. The molecular weight excluding hydrogens is 359 g/mol. The first-order valence-corrected chi connectivity index (χ1v) is 6.45. The Kier molecular flexibility index (Phi) is 6.16. The van der Waals surface area contributed by atoms with E-state index in [0.29, 0.717) is 0 Å². The van der Waals surface area contributed by atoms with E-state index in [0.717, 1.165) is 12.1 Å². The van der Waals surface area contributed by atoms with Gasteiger partial charge in [0.2, 0.25) is 0 Å². The Balaban J connectivity index is 2.61. The van der Waals surface area contributed by atoms with Crippen molar-refractivity contribution in [2.75, 3.05) is 19.8 Å². The number of rotatable bonds is 6. The van der Waals surface area contributed by atoms with Gasteiger partial charge in [0.15, 0.2) is 0 Å². The second kappa shape index (κ2) is 7.41. The van der Waals surface area contributed by atoms with Gasteiger partial charge in [0.05, 0.1) is 12.2 Å². The summed E-state index contributed by atoms with van der Waals surface area (Å²) in [7, 11) is 0. The molecule has 0 aliphatic heterocycles. The zero-order chi connectivity index (χ0) is 16.0. The molecule has 0 saturated carbocycles. The van der Waals surface area contributed by atoms with Crippen LogP contribution in [0.5, 0.6) is 0 Å². The number of carboxylic acids is 1. The highest BCUT2D eigenvalue weighted by atomic mass is 79.9. The number of benzene rings is 1. The van der Waals surface area contributed by atoms with Crippen molar-refractivity contribution >= 4 is 27.8 Å². The number of aliphatic carboxylic acids is 1. The number of ether oxygens (including phenoxy) is 1. The van der Waals surface area contributed by atoms with Gasteiger partial charge in [-0.3, -0.25) is 4.79 Å². The molecule has 0 fully saturated rings. The molecule has 0 radical (unpaired) electrons. The molecule has 1 rings (SSSR count). The molecule has 0 heterocycles. The molecule has 1 aromatic rings. The van der Waals surface area contributed by atoms with E-state index in [2.05, 4.69) is 26.0 Å². The van der Waals surface area contributed by atoms with Crippen molar-refractivity contribution in [2.45, 2.75) is 6.18 Å². The Morgan fingerprint density at radius 2 is 2.00 bits per heavy atom. The van der Waals surface area contributed by atoms with Crippen molar-refractivity contribution in [3.63, 3.8) is 0 Å². The summed E-state index contributed by atoms with van der Waals surface area (Å²) in [4.78, 5) is 21.8. The minimum atomic E-state index is -4.57. The highest BCUT2D eigenvalue weighted by molar-refractivity contribution is 9.10. The van der Waals surface area contributed by atoms with Crippen LogP contribution < -0.4 is 5.32 Å². The number of nitrogens with one attached hydrogen (secondary N) is 1. The van der Waals surface area contributed by atoms with Gasteiger partial charge in [-0.25, -0.2) is 4.79 Å². The third-order valence-electron chi connectivity index (χ3n) is 2.29. The molecule has 9 heteroatoms. The molecule has 5 nitrogen and oxygen atoms in total. The third kappa shape index (κ3) is 5.72. The maximum Gasteiger partial charge on any atom is 0.417 e. The van der Waals surface area contributed by atoms with Gasteiger partial charge in [-0.2, -0.15) is 13.2 Å². The summed E-state index contributed by atoms with van der Waals surface area (Å²) in [5, 5.41) is 10.6. The van der Waals surface area contributed by atoms with Crippen molar-refractivity contribution in [1.82, 2.24) is 5.32 Å². The van der Waals surface area contributed by atoms with Crippen molar-refractivity contribution in [1.29, 1.82) is 0 Å². The number of halogens is 4. The number of hydrogen-bond acceptors (Lipinski definition) is 3. The fourth-order valence-electron chi connectivity index (χ4n) is 1.38. The summed E-state index contributed by atoms with van der Waals surface area (Å²) in [6.07, 6.45) is -4.57.